The Bertz CT molecular complexity index is 586. The molecule has 1 heterocycles. The van der Waals surface area contributed by atoms with E-state index >= 15 is 0 Å². The molecule has 1 aliphatic rings. The van der Waals surface area contributed by atoms with Crippen molar-refractivity contribution in [1.82, 2.24) is 10.2 Å². The molecule has 2 rings (SSSR count). The highest BCUT2D eigenvalue weighted by molar-refractivity contribution is 5.85. The van der Waals surface area contributed by atoms with Crippen molar-refractivity contribution in [2.45, 2.75) is 19.5 Å². The fourth-order valence-electron chi connectivity index (χ4n) is 2.26. The summed E-state index contributed by atoms with van der Waals surface area (Å²) in [6.07, 6.45) is 2.13. The number of amides is 1. The number of nitrogens with one attached hydrogen (secondary N) is 1. The minimum absolute atomic E-state index is 0.0191. The van der Waals surface area contributed by atoms with Gasteiger partial charge in [0.05, 0.1) is 6.04 Å². The van der Waals surface area contributed by atoms with Gasteiger partial charge in [0.2, 0.25) is 5.91 Å². The van der Waals surface area contributed by atoms with Crippen molar-refractivity contribution in [2.24, 2.45) is 0 Å². The number of hydrogen-bond acceptors (Lipinski definition) is 3. The average Bonchev–Trinajstić information content (AvgIpc) is 2.44. The molecule has 2 N–H and O–H groups in total. The van der Waals surface area contributed by atoms with Crippen molar-refractivity contribution in [2.75, 3.05) is 13.1 Å². The zero-order chi connectivity index (χ0) is 15.4. The first kappa shape index (κ1) is 15.2. The molecule has 0 aromatic heterocycles. The molecule has 112 valence electrons. The minimum atomic E-state index is -1.12. The summed E-state index contributed by atoms with van der Waals surface area (Å²) in [4.78, 5) is 24.1. The number of carboxylic acid groups (broad SMARTS) is 1. The molecule has 0 radical (unpaired) electrons. The summed E-state index contributed by atoms with van der Waals surface area (Å²) in [5.74, 6) is -1.61. The van der Waals surface area contributed by atoms with Crippen LogP contribution in [0.15, 0.2) is 24.3 Å². The van der Waals surface area contributed by atoms with E-state index in [9.17, 15) is 14.0 Å². The van der Waals surface area contributed by atoms with Crippen LogP contribution in [0, 0.1) is 5.82 Å². The number of benzene rings is 1. The maximum atomic E-state index is 13.6. The Morgan fingerprint density at radius 2 is 2.33 bits per heavy atom. The van der Waals surface area contributed by atoms with E-state index in [4.69, 9.17) is 5.11 Å². The van der Waals surface area contributed by atoms with E-state index in [0.717, 1.165) is 18.2 Å². The van der Waals surface area contributed by atoms with Gasteiger partial charge in [0.15, 0.2) is 0 Å². The van der Waals surface area contributed by atoms with Crippen molar-refractivity contribution in [1.29, 1.82) is 0 Å². The number of piperazine rings is 1. The Kier molecular flexibility index (Phi) is 4.70. The first-order chi connectivity index (χ1) is 9.97. The molecule has 1 saturated heterocycles. The summed E-state index contributed by atoms with van der Waals surface area (Å²) in [7, 11) is 0. The minimum Gasteiger partial charge on any atom is -0.478 e. The summed E-state index contributed by atoms with van der Waals surface area (Å²) in [6.45, 7) is 3.66. The van der Waals surface area contributed by atoms with Crippen molar-refractivity contribution >= 4 is 18.0 Å². The number of halogens is 1. The van der Waals surface area contributed by atoms with Crippen molar-refractivity contribution < 1.29 is 19.1 Å². The molecule has 1 atom stereocenters. The lowest BCUT2D eigenvalue weighted by molar-refractivity contribution is -0.131. The lowest BCUT2D eigenvalue weighted by Gasteiger charge is -2.32. The number of rotatable bonds is 4. The number of nitrogens with zero attached hydrogens (tertiary/aromatic N) is 1. The number of carbonyl (C=O) groups excluding carboxylic acids is 1. The maximum Gasteiger partial charge on any atom is 0.328 e. The Morgan fingerprint density at radius 3 is 3.05 bits per heavy atom. The molecule has 6 heteroatoms. The lowest BCUT2D eigenvalue weighted by Crippen LogP contribution is -2.53. The van der Waals surface area contributed by atoms with Gasteiger partial charge >= 0.3 is 5.97 Å². The SMILES string of the molecule is CC1C(=O)NCCN1Cc1ccc(F)c(C=CC(=O)O)c1. The molecular formula is C15H17FN2O3. The molecule has 0 bridgehead atoms. The highest BCUT2D eigenvalue weighted by Crippen LogP contribution is 2.16. The van der Waals surface area contributed by atoms with Crippen molar-refractivity contribution in [3.05, 3.63) is 41.2 Å². The van der Waals surface area contributed by atoms with E-state index in [1.54, 1.807) is 12.1 Å². The van der Waals surface area contributed by atoms with Crippen LogP contribution in [0.2, 0.25) is 0 Å². The first-order valence-electron chi connectivity index (χ1n) is 6.68. The smallest absolute Gasteiger partial charge is 0.328 e. The van der Waals surface area contributed by atoms with Gasteiger partial charge in [-0.2, -0.15) is 0 Å². The predicted molar refractivity (Wildman–Crippen MR) is 76.0 cm³/mol. The summed E-state index contributed by atoms with van der Waals surface area (Å²) in [6, 6.07) is 4.33. The molecule has 1 aromatic carbocycles. The van der Waals surface area contributed by atoms with Gasteiger partial charge in [0.25, 0.3) is 0 Å². The Morgan fingerprint density at radius 1 is 1.57 bits per heavy atom. The molecule has 1 fully saturated rings. The summed E-state index contributed by atoms with van der Waals surface area (Å²) in [5.41, 5.74) is 1.06. The molecule has 1 aromatic rings. The highest BCUT2D eigenvalue weighted by Gasteiger charge is 2.25. The monoisotopic (exact) mass is 292 g/mol. The topological polar surface area (TPSA) is 69.6 Å². The van der Waals surface area contributed by atoms with E-state index in [1.165, 1.54) is 12.1 Å². The predicted octanol–water partition coefficient (Wildman–Crippen LogP) is 1.24. The molecule has 5 nitrogen and oxygen atoms in total. The quantitative estimate of drug-likeness (QED) is 0.819. The molecule has 1 aliphatic heterocycles. The van der Waals surface area contributed by atoms with Crippen LogP contribution < -0.4 is 5.32 Å². The second kappa shape index (κ2) is 6.49. The first-order valence-corrected chi connectivity index (χ1v) is 6.68. The zero-order valence-electron chi connectivity index (χ0n) is 11.7. The summed E-state index contributed by atoms with van der Waals surface area (Å²) >= 11 is 0. The van der Waals surface area contributed by atoms with Crippen LogP contribution in [-0.4, -0.2) is 41.0 Å². The number of hydrogen-bond donors (Lipinski definition) is 2. The van der Waals surface area contributed by atoms with E-state index in [0.29, 0.717) is 13.1 Å². The van der Waals surface area contributed by atoms with Gasteiger partial charge in [-0.3, -0.25) is 9.69 Å². The number of carboxylic acids is 1. The molecule has 0 saturated carbocycles. The average molecular weight is 292 g/mol. The van der Waals surface area contributed by atoms with Gasteiger partial charge < -0.3 is 10.4 Å². The Labute approximate surface area is 122 Å². The Balaban J connectivity index is 2.15. The second-order valence-corrected chi connectivity index (χ2v) is 4.96. The van der Waals surface area contributed by atoms with Crippen LogP contribution in [0.4, 0.5) is 4.39 Å². The molecule has 1 unspecified atom stereocenters. The number of aliphatic carboxylic acids is 1. The summed E-state index contributed by atoms with van der Waals surface area (Å²) < 4.78 is 13.6. The van der Waals surface area contributed by atoms with Crippen molar-refractivity contribution in [3.63, 3.8) is 0 Å². The zero-order valence-corrected chi connectivity index (χ0v) is 11.7. The third kappa shape index (κ3) is 3.88. The van der Waals surface area contributed by atoms with Gasteiger partial charge in [0.1, 0.15) is 5.82 Å². The lowest BCUT2D eigenvalue weighted by atomic mass is 10.1. The normalized spacial score (nSPS) is 19.7. The standard InChI is InChI=1S/C15H17FN2O3/c1-10-15(21)17-6-7-18(10)9-11-2-4-13(16)12(8-11)3-5-14(19)20/h2-5,8,10H,6-7,9H2,1H3,(H,17,21)(H,19,20). The number of carbonyl (C=O) groups is 2. The van der Waals surface area contributed by atoms with Crippen molar-refractivity contribution in [3.8, 4) is 0 Å². The van der Waals surface area contributed by atoms with Crippen LogP contribution in [0.5, 0.6) is 0 Å². The van der Waals surface area contributed by atoms with Gasteiger partial charge in [-0.1, -0.05) is 6.07 Å². The molecular weight excluding hydrogens is 275 g/mol. The molecule has 1 amide bonds. The van der Waals surface area contributed by atoms with Gasteiger partial charge in [-0.15, -0.1) is 0 Å². The molecule has 21 heavy (non-hydrogen) atoms. The molecule has 0 spiro atoms. The van der Waals surface area contributed by atoms with Crippen LogP contribution in [-0.2, 0) is 16.1 Å². The third-order valence-electron chi connectivity index (χ3n) is 3.48. The second-order valence-electron chi connectivity index (χ2n) is 4.96. The maximum absolute atomic E-state index is 13.6. The Hall–Kier alpha value is -2.21. The van der Waals surface area contributed by atoms with Crippen LogP contribution in [0.3, 0.4) is 0 Å². The summed E-state index contributed by atoms with van der Waals surface area (Å²) in [5, 5.41) is 11.4. The highest BCUT2D eigenvalue weighted by atomic mass is 19.1. The van der Waals surface area contributed by atoms with Crippen LogP contribution in [0.1, 0.15) is 18.1 Å². The van der Waals surface area contributed by atoms with E-state index in [-0.39, 0.29) is 17.5 Å². The third-order valence-corrected chi connectivity index (χ3v) is 3.48. The van der Waals surface area contributed by atoms with Gasteiger partial charge in [0, 0.05) is 31.3 Å². The fourth-order valence-corrected chi connectivity index (χ4v) is 2.26. The van der Waals surface area contributed by atoms with Gasteiger partial charge in [-0.05, 0) is 30.7 Å². The largest absolute Gasteiger partial charge is 0.478 e. The van der Waals surface area contributed by atoms with Gasteiger partial charge in [-0.25, -0.2) is 9.18 Å². The van der Waals surface area contributed by atoms with Crippen LogP contribution in [0.25, 0.3) is 6.08 Å². The fraction of sp³-hybridized carbons (Fsp3) is 0.333. The molecule has 0 aliphatic carbocycles. The van der Waals surface area contributed by atoms with E-state index < -0.39 is 11.8 Å². The van der Waals surface area contributed by atoms with E-state index in [1.807, 2.05) is 11.8 Å². The van der Waals surface area contributed by atoms with E-state index in [2.05, 4.69) is 5.32 Å². The van der Waals surface area contributed by atoms with Crippen LogP contribution >= 0.6 is 0 Å².